The fourth-order valence-corrected chi connectivity index (χ4v) is 4.80. The highest BCUT2D eigenvalue weighted by atomic mass is 32.1. The highest BCUT2D eigenvalue weighted by molar-refractivity contribution is 7.16. The lowest BCUT2D eigenvalue weighted by Gasteiger charge is -2.15. The minimum atomic E-state index is -0.830. The molecular weight excluding hydrogens is 450 g/mol. The Morgan fingerprint density at radius 2 is 1.97 bits per heavy atom. The van der Waals surface area contributed by atoms with Crippen LogP contribution in [0.3, 0.4) is 0 Å². The van der Waals surface area contributed by atoms with Crippen LogP contribution in [0.25, 0.3) is 26.9 Å². The lowest BCUT2D eigenvalue weighted by molar-refractivity contribution is 0.253. The summed E-state index contributed by atoms with van der Waals surface area (Å²) in [6.45, 7) is 5.59. The Hall–Kier alpha value is -4.07. The minimum Gasteiger partial charge on any atom is -0.383 e. The van der Waals surface area contributed by atoms with Gasteiger partial charge < -0.3 is 10.8 Å². The first kappa shape index (κ1) is 21.8. The highest BCUT2D eigenvalue weighted by Gasteiger charge is 2.20. The van der Waals surface area contributed by atoms with Crippen molar-refractivity contribution in [2.75, 3.05) is 5.73 Å². The van der Waals surface area contributed by atoms with Gasteiger partial charge in [-0.05, 0) is 49.3 Å². The number of nitrogens with two attached hydrogens (primary N) is 1. The zero-order valence-corrected chi connectivity index (χ0v) is 19.6. The number of anilines is 1. The second kappa shape index (κ2) is 8.37. The molecule has 0 saturated heterocycles. The van der Waals surface area contributed by atoms with Gasteiger partial charge in [-0.1, -0.05) is 24.1 Å². The van der Waals surface area contributed by atoms with Gasteiger partial charge in [-0.25, -0.2) is 19.6 Å². The van der Waals surface area contributed by atoms with Crippen molar-refractivity contribution in [2.45, 2.75) is 33.4 Å². The van der Waals surface area contributed by atoms with Crippen LogP contribution in [0.5, 0.6) is 0 Å². The van der Waals surface area contributed by atoms with E-state index in [0.29, 0.717) is 32.8 Å². The first-order valence-electron chi connectivity index (χ1n) is 10.6. The van der Waals surface area contributed by atoms with Crippen LogP contribution in [0.4, 0.5) is 5.82 Å². The van der Waals surface area contributed by atoms with Crippen molar-refractivity contribution in [3.05, 3.63) is 69.0 Å². The summed E-state index contributed by atoms with van der Waals surface area (Å²) in [7, 11) is 0. The van der Waals surface area contributed by atoms with Crippen molar-refractivity contribution in [1.29, 1.82) is 0 Å². The Morgan fingerprint density at radius 1 is 1.18 bits per heavy atom. The smallest absolute Gasteiger partial charge is 0.267 e. The van der Waals surface area contributed by atoms with Crippen LogP contribution in [0.15, 0.2) is 40.8 Å². The van der Waals surface area contributed by atoms with E-state index in [1.54, 1.807) is 16.2 Å². The molecule has 0 aliphatic heterocycles. The standard InChI is InChI=1S/C24H21N7O2S/c1-13-6-4-5-7-17(13)31-18(28-23-19(24(31)33)14(2)11-34-23)10-30-22-20(21(25)26-12-27-22)16(29-30)9-8-15(3)32/h4-7,11-12,15,32H,10H2,1-3H3,(H2,25,26,27)/t15-/m0/s1. The number of hydrogen-bond donors (Lipinski definition) is 2. The van der Waals surface area contributed by atoms with Crippen molar-refractivity contribution in [3.8, 4) is 17.5 Å². The molecule has 0 amide bonds. The molecule has 4 heterocycles. The Morgan fingerprint density at radius 3 is 2.74 bits per heavy atom. The van der Waals surface area contributed by atoms with E-state index in [9.17, 15) is 9.90 Å². The summed E-state index contributed by atoms with van der Waals surface area (Å²) >= 11 is 1.43. The van der Waals surface area contributed by atoms with E-state index >= 15 is 0 Å². The molecule has 34 heavy (non-hydrogen) atoms. The largest absolute Gasteiger partial charge is 0.383 e. The molecule has 1 atom stereocenters. The number of aliphatic hydroxyl groups excluding tert-OH is 1. The summed E-state index contributed by atoms with van der Waals surface area (Å²) in [6, 6.07) is 7.68. The van der Waals surface area contributed by atoms with Crippen LogP contribution in [-0.4, -0.2) is 40.5 Å². The normalized spacial score (nSPS) is 12.1. The molecule has 0 radical (unpaired) electrons. The average molecular weight is 472 g/mol. The van der Waals surface area contributed by atoms with Gasteiger partial charge in [0, 0.05) is 0 Å². The third-order valence-electron chi connectivity index (χ3n) is 5.47. The molecule has 1 aromatic carbocycles. The fourth-order valence-electron chi connectivity index (χ4n) is 3.87. The molecule has 0 aliphatic carbocycles. The van der Waals surface area contributed by atoms with Gasteiger partial charge in [0.25, 0.3) is 5.56 Å². The number of rotatable bonds is 3. The average Bonchev–Trinajstić information content (AvgIpc) is 3.35. The molecule has 4 aromatic heterocycles. The third-order valence-corrected chi connectivity index (χ3v) is 6.46. The number of hydrogen-bond acceptors (Lipinski definition) is 8. The van der Waals surface area contributed by atoms with Gasteiger partial charge >= 0.3 is 0 Å². The Bertz CT molecular complexity index is 1690. The summed E-state index contributed by atoms with van der Waals surface area (Å²) in [4.78, 5) is 27.6. The lowest BCUT2D eigenvalue weighted by atomic mass is 10.2. The van der Waals surface area contributed by atoms with E-state index in [1.807, 2.05) is 43.5 Å². The molecule has 0 unspecified atom stereocenters. The van der Waals surface area contributed by atoms with Crippen LogP contribution >= 0.6 is 11.3 Å². The maximum absolute atomic E-state index is 13.7. The number of benzene rings is 1. The summed E-state index contributed by atoms with van der Waals surface area (Å²) in [5.74, 6) is 6.28. The van der Waals surface area contributed by atoms with E-state index in [0.717, 1.165) is 16.8 Å². The molecule has 0 fully saturated rings. The maximum atomic E-state index is 13.7. The van der Waals surface area contributed by atoms with Crippen LogP contribution in [-0.2, 0) is 6.54 Å². The second-order valence-corrected chi connectivity index (χ2v) is 8.82. The second-order valence-electron chi connectivity index (χ2n) is 7.96. The van der Waals surface area contributed by atoms with E-state index in [2.05, 4.69) is 26.9 Å². The molecule has 5 aromatic rings. The van der Waals surface area contributed by atoms with Gasteiger partial charge in [-0.15, -0.1) is 11.3 Å². The van der Waals surface area contributed by atoms with Crippen LogP contribution < -0.4 is 11.3 Å². The van der Waals surface area contributed by atoms with Gasteiger partial charge in [0.1, 0.15) is 41.1 Å². The van der Waals surface area contributed by atoms with Crippen molar-refractivity contribution < 1.29 is 5.11 Å². The van der Waals surface area contributed by atoms with Gasteiger partial charge in [0.15, 0.2) is 5.65 Å². The molecule has 10 heteroatoms. The van der Waals surface area contributed by atoms with E-state index in [1.165, 1.54) is 17.7 Å². The highest BCUT2D eigenvalue weighted by Crippen LogP contribution is 2.25. The minimum absolute atomic E-state index is 0.132. The fraction of sp³-hybridized carbons (Fsp3) is 0.208. The number of fused-ring (bicyclic) bond motifs is 2. The zero-order valence-electron chi connectivity index (χ0n) is 18.8. The van der Waals surface area contributed by atoms with E-state index in [-0.39, 0.29) is 17.9 Å². The van der Waals surface area contributed by atoms with Crippen LogP contribution in [0.1, 0.15) is 29.6 Å². The summed E-state index contributed by atoms with van der Waals surface area (Å²) in [6.07, 6.45) is 0.526. The maximum Gasteiger partial charge on any atom is 0.267 e. The molecule has 3 N–H and O–H groups in total. The predicted octanol–water partition coefficient (Wildman–Crippen LogP) is 2.57. The van der Waals surface area contributed by atoms with E-state index in [4.69, 9.17) is 10.7 Å². The first-order valence-corrected chi connectivity index (χ1v) is 11.5. The first-order chi connectivity index (χ1) is 16.3. The van der Waals surface area contributed by atoms with Gasteiger partial charge in [0.2, 0.25) is 0 Å². The topological polar surface area (TPSA) is 125 Å². The third kappa shape index (κ3) is 3.61. The molecule has 0 spiro atoms. The van der Waals surface area contributed by atoms with E-state index < -0.39 is 6.10 Å². The number of para-hydroxylation sites is 1. The molecule has 5 rings (SSSR count). The van der Waals surface area contributed by atoms with Crippen molar-refractivity contribution in [2.24, 2.45) is 0 Å². The molecule has 0 bridgehead atoms. The quantitative estimate of drug-likeness (QED) is 0.388. The van der Waals surface area contributed by atoms with Crippen molar-refractivity contribution in [1.82, 2.24) is 29.3 Å². The summed E-state index contributed by atoms with van der Waals surface area (Å²) in [5.41, 5.74) is 9.39. The number of aromatic nitrogens is 6. The Balaban J connectivity index is 1.77. The van der Waals surface area contributed by atoms with Crippen LogP contribution in [0.2, 0.25) is 0 Å². The van der Waals surface area contributed by atoms with Crippen LogP contribution in [0, 0.1) is 25.7 Å². The number of nitrogen functional groups attached to an aromatic ring is 1. The molecule has 9 nitrogen and oxygen atoms in total. The summed E-state index contributed by atoms with van der Waals surface area (Å²) in [5, 5.41) is 17.2. The zero-order chi connectivity index (χ0) is 24.0. The molecular formula is C24H21N7O2S. The molecule has 0 saturated carbocycles. The Labute approximate surface area is 198 Å². The number of thiophene rings is 1. The lowest BCUT2D eigenvalue weighted by Crippen LogP contribution is -2.26. The number of aryl methyl sites for hydroxylation is 2. The van der Waals surface area contributed by atoms with Gasteiger partial charge in [-0.2, -0.15) is 5.10 Å². The summed E-state index contributed by atoms with van der Waals surface area (Å²) < 4.78 is 3.25. The SMILES string of the molecule is Cc1ccccc1-n1c(Cn2nc(C#C[C@H](C)O)c3c(N)ncnc32)nc2scc(C)c2c1=O. The monoisotopic (exact) mass is 471 g/mol. The Kier molecular flexibility index (Phi) is 5.36. The molecule has 0 aliphatic rings. The van der Waals surface area contributed by atoms with Gasteiger partial charge in [-0.3, -0.25) is 9.36 Å². The van der Waals surface area contributed by atoms with Crippen molar-refractivity contribution >= 4 is 38.4 Å². The van der Waals surface area contributed by atoms with Crippen molar-refractivity contribution in [3.63, 3.8) is 0 Å². The van der Waals surface area contributed by atoms with Gasteiger partial charge in [0.05, 0.1) is 16.5 Å². The predicted molar refractivity (Wildman–Crippen MR) is 132 cm³/mol. The number of aliphatic hydroxyl groups is 1. The molecule has 170 valence electrons. The number of nitrogens with zero attached hydrogens (tertiary/aromatic N) is 6.